The monoisotopic (exact) mass is 530 g/mol. The van der Waals surface area contributed by atoms with E-state index in [1.54, 1.807) is 17.7 Å². The van der Waals surface area contributed by atoms with Gasteiger partial charge in [-0.05, 0) is 77.6 Å². The average Bonchev–Trinajstić information content (AvgIpc) is 2.83. The van der Waals surface area contributed by atoms with Crippen molar-refractivity contribution >= 4 is 34.0 Å². The van der Waals surface area contributed by atoms with Gasteiger partial charge in [0.2, 0.25) is 0 Å². The molecule has 198 valence electrons. The molecular weight excluding hydrogens is 498 g/mol. The normalized spacial score (nSPS) is 18.8. The Hall–Kier alpha value is -3.00. The third kappa shape index (κ3) is 5.64. The lowest BCUT2D eigenvalue weighted by atomic mass is 9.80. The Morgan fingerprint density at radius 2 is 1.84 bits per heavy atom. The summed E-state index contributed by atoms with van der Waals surface area (Å²) in [6.45, 7) is 7.43. The molecule has 0 bridgehead atoms. The van der Waals surface area contributed by atoms with Gasteiger partial charge < -0.3 is 14.3 Å². The van der Waals surface area contributed by atoms with Crippen LogP contribution < -0.4 is 10.5 Å². The molecule has 0 radical (unpaired) electrons. The fraction of sp³-hybridized carbons (Fsp3) is 0.464. The van der Waals surface area contributed by atoms with Crippen LogP contribution in [0.15, 0.2) is 40.3 Å². The molecule has 1 aromatic carbocycles. The summed E-state index contributed by atoms with van der Waals surface area (Å²) in [7, 11) is 3.71. The fourth-order valence-electron chi connectivity index (χ4n) is 5.09. The topological polar surface area (TPSA) is 59.7 Å². The van der Waals surface area contributed by atoms with Gasteiger partial charge in [-0.25, -0.2) is 13.8 Å². The molecule has 0 spiro atoms. The number of aromatic nitrogens is 2. The number of hydrogen-bond donors (Lipinski definition) is 0. The molecule has 1 fully saturated rings. The van der Waals surface area contributed by atoms with Gasteiger partial charge in [0.15, 0.2) is 0 Å². The lowest BCUT2D eigenvalue weighted by Gasteiger charge is -2.37. The smallest absolute Gasteiger partial charge is 0.255 e. The Morgan fingerprint density at radius 3 is 2.46 bits per heavy atom. The average molecular weight is 531 g/mol. The van der Waals surface area contributed by atoms with Gasteiger partial charge in [0.05, 0.1) is 16.9 Å². The number of fused-ring (bicyclic) bond motifs is 1. The summed E-state index contributed by atoms with van der Waals surface area (Å²) in [6, 6.07) is 7.18. The van der Waals surface area contributed by atoms with E-state index in [0.717, 1.165) is 43.0 Å². The van der Waals surface area contributed by atoms with Crippen LogP contribution in [0.1, 0.15) is 57.6 Å². The molecule has 9 heteroatoms. The van der Waals surface area contributed by atoms with Gasteiger partial charge in [0, 0.05) is 43.2 Å². The van der Waals surface area contributed by atoms with E-state index < -0.39 is 17.2 Å². The van der Waals surface area contributed by atoms with Crippen LogP contribution in [0.3, 0.4) is 0 Å². The van der Waals surface area contributed by atoms with Crippen molar-refractivity contribution in [2.24, 2.45) is 18.1 Å². The Morgan fingerprint density at radius 1 is 1.16 bits per heavy atom. The maximum Gasteiger partial charge on any atom is 0.255 e. The number of benzene rings is 1. The minimum Gasteiger partial charge on any atom is -0.390 e. The molecule has 0 amide bonds. The first kappa shape index (κ1) is 27.0. The van der Waals surface area contributed by atoms with Crippen LogP contribution in [0.4, 0.5) is 14.5 Å². The van der Waals surface area contributed by atoms with Crippen molar-refractivity contribution < 1.29 is 13.6 Å². The third-order valence-corrected chi connectivity index (χ3v) is 7.23. The van der Waals surface area contributed by atoms with E-state index in [0.29, 0.717) is 21.9 Å². The van der Waals surface area contributed by atoms with Gasteiger partial charge in [0.25, 0.3) is 5.56 Å². The third-order valence-electron chi connectivity index (χ3n) is 7.02. The summed E-state index contributed by atoms with van der Waals surface area (Å²) in [5.74, 6) is -1.34. The summed E-state index contributed by atoms with van der Waals surface area (Å²) >= 11 is 6.23. The molecule has 0 saturated heterocycles. The highest BCUT2D eigenvalue weighted by molar-refractivity contribution is 6.29. The fourth-order valence-corrected chi connectivity index (χ4v) is 5.24. The van der Waals surface area contributed by atoms with Gasteiger partial charge in [0.1, 0.15) is 27.9 Å². The van der Waals surface area contributed by atoms with Crippen LogP contribution in [0, 0.1) is 24.5 Å². The molecule has 1 saturated carbocycles. The first-order valence-corrected chi connectivity index (χ1v) is 12.9. The van der Waals surface area contributed by atoms with Crippen molar-refractivity contribution in [3.8, 4) is 0 Å². The van der Waals surface area contributed by atoms with Crippen LogP contribution in [0.2, 0.25) is 5.15 Å². The molecule has 2 aromatic heterocycles. The number of pyridine rings is 2. The minimum absolute atomic E-state index is 0.0546. The summed E-state index contributed by atoms with van der Waals surface area (Å²) in [5.41, 5.74) is 2.93. The van der Waals surface area contributed by atoms with E-state index in [2.05, 4.69) is 15.0 Å². The summed E-state index contributed by atoms with van der Waals surface area (Å²) < 4.78 is 30.0. The highest BCUT2D eigenvalue weighted by Gasteiger charge is 2.31. The van der Waals surface area contributed by atoms with Gasteiger partial charge in [-0.2, -0.15) is 0 Å². The van der Waals surface area contributed by atoms with Gasteiger partial charge in [-0.15, -0.1) is 0 Å². The summed E-state index contributed by atoms with van der Waals surface area (Å²) in [6.07, 6.45) is 3.03. The number of halogens is 3. The molecule has 1 aliphatic rings. The lowest BCUT2D eigenvalue weighted by molar-refractivity contribution is -0.0000719. The molecule has 2 heterocycles. The van der Waals surface area contributed by atoms with E-state index in [1.807, 2.05) is 40.8 Å². The highest BCUT2D eigenvalue weighted by Crippen LogP contribution is 2.36. The second kappa shape index (κ2) is 10.4. The van der Waals surface area contributed by atoms with E-state index in [-0.39, 0.29) is 23.1 Å². The summed E-state index contributed by atoms with van der Waals surface area (Å²) in [5, 5.41) is 4.73. The summed E-state index contributed by atoms with van der Waals surface area (Å²) in [4.78, 5) is 25.3. The minimum atomic E-state index is -0.652. The molecule has 0 aliphatic heterocycles. The molecule has 0 atom stereocenters. The highest BCUT2D eigenvalue weighted by atomic mass is 35.5. The number of oxime groups is 1. The molecule has 0 unspecified atom stereocenters. The van der Waals surface area contributed by atoms with E-state index in [9.17, 15) is 13.6 Å². The van der Waals surface area contributed by atoms with Gasteiger partial charge >= 0.3 is 0 Å². The van der Waals surface area contributed by atoms with Crippen molar-refractivity contribution in [1.29, 1.82) is 0 Å². The zero-order valence-corrected chi connectivity index (χ0v) is 22.9. The molecule has 4 rings (SSSR count). The number of nitrogens with zero attached hydrogens (tertiary/aromatic N) is 4. The Kier molecular flexibility index (Phi) is 7.60. The van der Waals surface area contributed by atoms with E-state index in [1.165, 1.54) is 12.1 Å². The SMILES string of the molecule is Cc1c(N(C)C2CCC(/C(=N/OC(C)(C)C)c3ccc(F)cc3F)CC2)c2nc(Cl)ccc2n(C)c1=O. The van der Waals surface area contributed by atoms with Crippen molar-refractivity contribution in [3.63, 3.8) is 0 Å². The van der Waals surface area contributed by atoms with Crippen molar-refractivity contribution in [2.75, 3.05) is 11.9 Å². The van der Waals surface area contributed by atoms with Crippen molar-refractivity contribution in [1.82, 2.24) is 9.55 Å². The molecular formula is C28H33ClF2N4O2. The van der Waals surface area contributed by atoms with Crippen LogP contribution in [0.5, 0.6) is 0 Å². The van der Waals surface area contributed by atoms with Crippen LogP contribution in [0.25, 0.3) is 11.0 Å². The van der Waals surface area contributed by atoms with Gasteiger partial charge in [-0.3, -0.25) is 4.79 Å². The second-order valence-electron chi connectivity index (χ2n) is 10.8. The maximum atomic E-state index is 14.8. The second-order valence-corrected chi connectivity index (χ2v) is 11.1. The number of rotatable bonds is 5. The number of aryl methyl sites for hydroxylation is 1. The lowest BCUT2D eigenvalue weighted by Crippen LogP contribution is -2.39. The first-order chi connectivity index (χ1) is 17.4. The van der Waals surface area contributed by atoms with Crippen molar-refractivity contribution in [2.45, 2.75) is 65.0 Å². The zero-order chi connectivity index (χ0) is 27.1. The zero-order valence-electron chi connectivity index (χ0n) is 22.1. The van der Waals surface area contributed by atoms with E-state index >= 15 is 0 Å². The first-order valence-electron chi connectivity index (χ1n) is 12.5. The van der Waals surface area contributed by atoms with Crippen LogP contribution >= 0.6 is 11.6 Å². The Balaban J connectivity index is 1.63. The molecule has 37 heavy (non-hydrogen) atoms. The predicted molar refractivity (Wildman–Crippen MR) is 145 cm³/mol. The molecule has 3 aromatic rings. The molecule has 0 N–H and O–H groups in total. The molecule has 6 nitrogen and oxygen atoms in total. The van der Waals surface area contributed by atoms with Gasteiger partial charge in [-0.1, -0.05) is 16.8 Å². The predicted octanol–water partition coefficient (Wildman–Crippen LogP) is 6.39. The molecule has 1 aliphatic carbocycles. The standard InChI is InChI=1S/C28H33ClF2N4O2/c1-16-26(25-22(35(6)27(16)36)13-14-23(29)32-25)34(5)19-10-7-17(8-11-19)24(33-37-28(2,3)4)20-12-9-18(30)15-21(20)31/h9,12-15,17,19H,7-8,10-11H2,1-6H3/b33-24-. The largest absolute Gasteiger partial charge is 0.390 e. The number of hydrogen-bond acceptors (Lipinski definition) is 5. The Labute approximate surface area is 220 Å². The Bertz CT molecular complexity index is 1410. The number of anilines is 1. The van der Waals surface area contributed by atoms with Crippen molar-refractivity contribution in [3.05, 3.63) is 68.6 Å². The van der Waals surface area contributed by atoms with E-state index in [4.69, 9.17) is 16.4 Å². The maximum absolute atomic E-state index is 14.8. The van der Waals surface area contributed by atoms with Crippen LogP contribution in [-0.2, 0) is 11.9 Å². The quantitative estimate of drug-likeness (QED) is 0.218. The van der Waals surface area contributed by atoms with Crippen LogP contribution in [-0.4, -0.2) is 34.0 Å².